The van der Waals surface area contributed by atoms with Crippen LogP contribution < -0.4 is 14.8 Å². The molecule has 0 saturated carbocycles. The largest absolute Gasteiger partial charge is 0.497 e. The van der Waals surface area contributed by atoms with Gasteiger partial charge in [0, 0.05) is 24.7 Å². The van der Waals surface area contributed by atoms with Crippen molar-refractivity contribution in [2.24, 2.45) is 0 Å². The molecule has 0 unspecified atom stereocenters. The lowest BCUT2D eigenvalue weighted by Crippen LogP contribution is -2.56. The molecule has 1 amide bonds. The van der Waals surface area contributed by atoms with E-state index in [2.05, 4.69) is 43.9 Å². The van der Waals surface area contributed by atoms with Crippen LogP contribution in [0.5, 0.6) is 11.5 Å². The number of amides is 1. The topological polar surface area (TPSA) is 105 Å². The van der Waals surface area contributed by atoms with Crippen LogP contribution in [-0.2, 0) is 4.79 Å². The third-order valence-corrected chi connectivity index (χ3v) is 4.74. The summed E-state index contributed by atoms with van der Waals surface area (Å²) in [6, 6.07) is 5.51. The van der Waals surface area contributed by atoms with E-state index in [-0.39, 0.29) is 11.9 Å². The summed E-state index contributed by atoms with van der Waals surface area (Å²) in [5, 5.41) is 11.2. The molecular weight excluding hydrogens is 384 g/mol. The Balaban J connectivity index is 1.61. The zero-order valence-corrected chi connectivity index (χ0v) is 16.6. The number of rotatable bonds is 5. The summed E-state index contributed by atoms with van der Waals surface area (Å²) in [6.07, 6.45) is 2.75. The first-order valence-corrected chi connectivity index (χ1v) is 9.23. The van der Waals surface area contributed by atoms with Crippen LogP contribution in [0.1, 0.15) is 11.3 Å². The van der Waals surface area contributed by atoms with E-state index in [1.54, 1.807) is 25.2 Å². The molecule has 30 heavy (non-hydrogen) atoms. The number of hydrogen-bond acceptors (Lipinski definition) is 7. The number of anilines is 1. The number of aromatic amines is 1. The second-order valence-electron chi connectivity index (χ2n) is 6.66. The van der Waals surface area contributed by atoms with E-state index >= 15 is 0 Å². The van der Waals surface area contributed by atoms with E-state index in [0.29, 0.717) is 47.1 Å². The standard InChI is InChI=1S/C21H20N6O3/c1-4-18(28)27-10-14(11-27)24-21-19-17(22-12-23-20(19)25-26-21)6-5-13-7-15(29-2)9-16(8-13)30-3/h4,7-9,12,14H,1,10-11H2,2-3H3,(H2,22,23,24,25,26). The molecule has 9 heteroatoms. The summed E-state index contributed by atoms with van der Waals surface area (Å²) in [6.45, 7) is 4.67. The summed E-state index contributed by atoms with van der Waals surface area (Å²) in [7, 11) is 3.18. The fourth-order valence-corrected chi connectivity index (χ4v) is 3.14. The van der Waals surface area contributed by atoms with Gasteiger partial charge in [-0.15, -0.1) is 0 Å². The van der Waals surface area contributed by atoms with Gasteiger partial charge in [0.2, 0.25) is 5.91 Å². The minimum Gasteiger partial charge on any atom is -0.497 e. The molecule has 1 fully saturated rings. The summed E-state index contributed by atoms with van der Waals surface area (Å²) < 4.78 is 10.6. The molecule has 0 spiro atoms. The van der Waals surface area contributed by atoms with Crippen LogP contribution in [0.3, 0.4) is 0 Å². The monoisotopic (exact) mass is 404 g/mol. The zero-order chi connectivity index (χ0) is 21.1. The van der Waals surface area contributed by atoms with Gasteiger partial charge in [0.25, 0.3) is 0 Å². The van der Waals surface area contributed by atoms with Crippen LogP contribution in [0.15, 0.2) is 37.2 Å². The maximum Gasteiger partial charge on any atom is 0.246 e. The number of nitrogens with one attached hydrogen (secondary N) is 2. The number of likely N-dealkylation sites (tertiary alicyclic amines) is 1. The molecule has 2 aromatic heterocycles. The highest BCUT2D eigenvalue weighted by Gasteiger charge is 2.30. The number of aromatic nitrogens is 4. The average molecular weight is 404 g/mol. The zero-order valence-electron chi connectivity index (χ0n) is 16.6. The molecule has 152 valence electrons. The van der Waals surface area contributed by atoms with Gasteiger partial charge in [-0.2, -0.15) is 5.10 Å². The lowest BCUT2D eigenvalue weighted by atomic mass is 10.1. The fraction of sp³-hybridized carbons (Fsp3) is 0.238. The van der Waals surface area contributed by atoms with Crippen LogP contribution in [-0.4, -0.2) is 64.3 Å². The number of nitrogens with zero attached hydrogens (tertiary/aromatic N) is 4. The van der Waals surface area contributed by atoms with Crippen molar-refractivity contribution in [1.82, 2.24) is 25.1 Å². The Morgan fingerprint density at radius 1 is 1.23 bits per heavy atom. The molecule has 9 nitrogen and oxygen atoms in total. The predicted molar refractivity (Wildman–Crippen MR) is 111 cm³/mol. The third-order valence-electron chi connectivity index (χ3n) is 4.74. The molecule has 0 radical (unpaired) electrons. The van der Waals surface area contributed by atoms with Crippen molar-refractivity contribution >= 4 is 22.8 Å². The lowest BCUT2D eigenvalue weighted by molar-refractivity contribution is -0.129. The minimum atomic E-state index is -0.0801. The van der Waals surface area contributed by atoms with Gasteiger partial charge >= 0.3 is 0 Å². The fourth-order valence-electron chi connectivity index (χ4n) is 3.14. The molecular formula is C21H20N6O3. The van der Waals surface area contributed by atoms with Crippen molar-refractivity contribution in [1.29, 1.82) is 0 Å². The first-order valence-electron chi connectivity index (χ1n) is 9.23. The highest BCUT2D eigenvalue weighted by molar-refractivity contribution is 5.92. The lowest BCUT2D eigenvalue weighted by Gasteiger charge is -2.39. The van der Waals surface area contributed by atoms with Crippen LogP contribution in [0.2, 0.25) is 0 Å². The number of fused-ring (bicyclic) bond motifs is 1. The van der Waals surface area contributed by atoms with Crippen LogP contribution >= 0.6 is 0 Å². The smallest absolute Gasteiger partial charge is 0.246 e. The maximum absolute atomic E-state index is 11.6. The highest BCUT2D eigenvalue weighted by atomic mass is 16.5. The molecule has 0 aliphatic carbocycles. The Morgan fingerprint density at radius 2 is 1.97 bits per heavy atom. The predicted octanol–water partition coefficient (Wildman–Crippen LogP) is 1.58. The average Bonchev–Trinajstić information content (AvgIpc) is 3.17. The van der Waals surface area contributed by atoms with Crippen molar-refractivity contribution in [2.45, 2.75) is 6.04 Å². The van der Waals surface area contributed by atoms with E-state index in [1.165, 1.54) is 12.4 Å². The molecule has 1 aliphatic heterocycles. The van der Waals surface area contributed by atoms with Crippen molar-refractivity contribution in [3.63, 3.8) is 0 Å². The summed E-state index contributed by atoms with van der Waals surface area (Å²) >= 11 is 0. The number of carbonyl (C=O) groups excluding carboxylic acids is 1. The normalized spacial score (nSPS) is 13.2. The van der Waals surface area contributed by atoms with E-state index in [9.17, 15) is 4.79 Å². The Hall–Kier alpha value is -4.06. The first-order chi connectivity index (χ1) is 14.6. The van der Waals surface area contributed by atoms with Gasteiger partial charge in [-0.1, -0.05) is 12.5 Å². The SMILES string of the molecule is C=CC(=O)N1CC(Nc2n[nH]c3ncnc(C#Cc4cc(OC)cc(OC)c4)c23)C1. The van der Waals surface area contributed by atoms with E-state index < -0.39 is 0 Å². The first kappa shape index (κ1) is 19.3. The minimum absolute atomic E-state index is 0.0801. The summed E-state index contributed by atoms with van der Waals surface area (Å²) in [4.78, 5) is 21.9. The van der Waals surface area contributed by atoms with Crippen LogP contribution in [0.4, 0.5) is 5.82 Å². The number of methoxy groups -OCH3 is 2. The Morgan fingerprint density at radius 3 is 2.63 bits per heavy atom. The second kappa shape index (κ2) is 8.13. The van der Waals surface area contributed by atoms with Gasteiger partial charge in [-0.25, -0.2) is 9.97 Å². The molecule has 0 bridgehead atoms. The third kappa shape index (κ3) is 3.75. The Kier molecular flexibility index (Phi) is 5.22. The highest BCUT2D eigenvalue weighted by Crippen LogP contribution is 2.25. The summed E-state index contributed by atoms with van der Waals surface area (Å²) in [5.41, 5.74) is 1.85. The van der Waals surface area contributed by atoms with Gasteiger partial charge in [-0.3, -0.25) is 9.89 Å². The van der Waals surface area contributed by atoms with Gasteiger partial charge in [0.15, 0.2) is 11.5 Å². The molecule has 4 rings (SSSR count). The van der Waals surface area contributed by atoms with Crippen molar-refractivity contribution in [3.05, 3.63) is 48.4 Å². The van der Waals surface area contributed by atoms with Crippen molar-refractivity contribution in [3.8, 4) is 23.3 Å². The number of ether oxygens (including phenoxy) is 2. The van der Waals surface area contributed by atoms with Crippen molar-refractivity contribution < 1.29 is 14.3 Å². The van der Waals surface area contributed by atoms with Gasteiger partial charge in [0.1, 0.15) is 23.5 Å². The number of benzene rings is 1. The van der Waals surface area contributed by atoms with Gasteiger partial charge in [0.05, 0.1) is 25.6 Å². The molecule has 1 aromatic carbocycles. The van der Waals surface area contributed by atoms with Crippen molar-refractivity contribution in [2.75, 3.05) is 32.6 Å². The van der Waals surface area contributed by atoms with Crippen LogP contribution in [0, 0.1) is 11.8 Å². The quantitative estimate of drug-likeness (QED) is 0.491. The Bertz CT molecular complexity index is 1150. The number of carbonyl (C=O) groups is 1. The molecule has 1 aliphatic rings. The number of hydrogen-bond donors (Lipinski definition) is 2. The van der Waals surface area contributed by atoms with Gasteiger partial charge < -0.3 is 19.7 Å². The maximum atomic E-state index is 11.6. The van der Waals surface area contributed by atoms with E-state index in [0.717, 1.165) is 5.56 Å². The molecule has 0 atom stereocenters. The second-order valence-corrected chi connectivity index (χ2v) is 6.66. The van der Waals surface area contributed by atoms with Crippen LogP contribution in [0.25, 0.3) is 11.0 Å². The Labute approximate surface area is 173 Å². The molecule has 3 heterocycles. The molecule has 3 aromatic rings. The summed E-state index contributed by atoms with van der Waals surface area (Å²) in [5.74, 6) is 8.02. The molecule has 2 N–H and O–H groups in total. The van der Waals surface area contributed by atoms with E-state index in [1.807, 2.05) is 12.1 Å². The van der Waals surface area contributed by atoms with Gasteiger partial charge in [-0.05, 0) is 24.1 Å². The molecule has 1 saturated heterocycles. The van der Waals surface area contributed by atoms with E-state index in [4.69, 9.17) is 9.47 Å². The number of H-pyrrole nitrogens is 1.